The minimum atomic E-state index is -0.311. The van der Waals surface area contributed by atoms with Gasteiger partial charge < -0.3 is 9.47 Å². The number of ether oxygens (including phenoxy) is 2. The molecule has 0 fully saturated rings. The van der Waals surface area contributed by atoms with Crippen molar-refractivity contribution >= 4 is 43.9 Å². The third-order valence-electron chi connectivity index (χ3n) is 3.68. The third kappa shape index (κ3) is 7.08. The molecule has 23 heavy (non-hydrogen) atoms. The number of rotatable bonds is 9. The lowest BCUT2D eigenvalue weighted by Gasteiger charge is -2.13. The number of methoxy groups -OCH3 is 1. The second-order valence-corrected chi connectivity index (χ2v) is 7.09. The molecular weight excluding hydrogens is 424 g/mol. The van der Waals surface area contributed by atoms with E-state index >= 15 is 0 Å². The number of hydrogen-bond acceptors (Lipinski definition) is 3. The molecule has 0 saturated heterocycles. The van der Waals surface area contributed by atoms with Crippen LogP contribution in [0.4, 0.5) is 0 Å². The Labute approximate surface area is 155 Å². The topological polar surface area (TPSA) is 35.5 Å². The maximum Gasteiger partial charge on any atom is 0.330 e. The monoisotopic (exact) mass is 446 g/mol. The van der Waals surface area contributed by atoms with Gasteiger partial charge in [0.05, 0.1) is 13.7 Å². The van der Waals surface area contributed by atoms with Gasteiger partial charge in [-0.25, -0.2) is 4.79 Å². The summed E-state index contributed by atoms with van der Waals surface area (Å²) in [5.41, 5.74) is 0.876. The standard InChI is InChI=1S/C18H24Br2O3/c1-4-6-7-13(5-2)12-23-18(21)9-8-15-16(19)10-14(22-3)11-17(15)20/h8-11,13H,4-7,12H2,1-3H3/b9-8+. The third-order valence-corrected chi connectivity index (χ3v) is 4.99. The van der Waals surface area contributed by atoms with E-state index in [1.807, 2.05) is 12.1 Å². The van der Waals surface area contributed by atoms with Gasteiger partial charge in [0.25, 0.3) is 0 Å². The number of carbonyl (C=O) groups excluding carboxylic acids is 1. The molecule has 1 atom stereocenters. The fraction of sp³-hybridized carbons (Fsp3) is 0.500. The molecule has 0 aliphatic rings. The number of esters is 1. The van der Waals surface area contributed by atoms with Crippen molar-refractivity contribution in [1.82, 2.24) is 0 Å². The summed E-state index contributed by atoms with van der Waals surface area (Å²) >= 11 is 6.95. The summed E-state index contributed by atoms with van der Waals surface area (Å²) < 4.78 is 12.2. The summed E-state index contributed by atoms with van der Waals surface area (Å²) in [7, 11) is 1.61. The average molecular weight is 448 g/mol. The van der Waals surface area contributed by atoms with Crippen molar-refractivity contribution in [3.8, 4) is 5.75 Å². The molecule has 1 aromatic rings. The smallest absolute Gasteiger partial charge is 0.330 e. The number of carbonyl (C=O) groups is 1. The number of benzene rings is 1. The van der Waals surface area contributed by atoms with Crippen LogP contribution in [-0.4, -0.2) is 19.7 Å². The highest BCUT2D eigenvalue weighted by Gasteiger charge is 2.09. The van der Waals surface area contributed by atoms with Gasteiger partial charge in [-0.1, -0.05) is 33.1 Å². The van der Waals surface area contributed by atoms with Crippen LogP contribution in [0.2, 0.25) is 0 Å². The lowest BCUT2D eigenvalue weighted by molar-refractivity contribution is -0.139. The van der Waals surface area contributed by atoms with Crippen molar-refractivity contribution in [2.45, 2.75) is 39.5 Å². The molecule has 0 amide bonds. The van der Waals surface area contributed by atoms with Gasteiger partial charge in [-0.15, -0.1) is 0 Å². The van der Waals surface area contributed by atoms with Gasteiger partial charge in [0.1, 0.15) is 5.75 Å². The van der Waals surface area contributed by atoms with Crippen LogP contribution in [0.1, 0.15) is 45.1 Å². The summed E-state index contributed by atoms with van der Waals surface area (Å²) in [6.07, 6.45) is 7.69. The van der Waals surface area contributed by atoms with E-state index in [0.29, 0.717) is 12.5 Å². The van der Waals surface area contributed by atoms with Gasteiger partial charge in [-0.05, 0) is 62.4 Å². The first-order valence-corrected chi connectivity index (χ1v) is 9.48. The van der Waals surface area contributed by atoms with Crippen LogP contribution in [0, 0.1) is 5.92 Å². The molecular formula is C18H24Br2O3. The highest BCUT2D eigenvalue weighted by molar-refractivity contribution is 9.11. The Morgan fingerprint density at radius 2 is 1.91 bits per heavy atom. The molecule has 3 nitrogen and oxygen atoms in total. The van der Waals surface area contributed by atoms with Gasteiger partial charge in [-0.2, -0.15) is 0 Å². The maximum absolute atomic E-state index is 11.9. The normalized spacial score (nSPS) is 12.4. The van der Waals surface area contributed by atoms with Crippen molar-refractivity contribution in [3.05, 3.63) is 32.7 Å². The average Bonchev–Trinajstić information content (AvgIpc) is 2.54. The fourth-order valence-electron chi connectivity index (χ4n) is 2.14. The summed E-state index contributed by atoms with van der Waals surface area (Å²) in [5, 5.41) is 0. The second kappa shape index (κ2) is 10.9. The summed E-state index contributed by atoms with van der Waals surface area (Å²) in [6, 6.07) is 3.71. The van der Waals surface area contributed by atoms with E-state index in [0.717, 1.165) is 33.1 Å². The zero-order chi connectivity index (χ0) is 17.2. The lowest BCUT2D eigenvalue weighted by Crippen LogP contribution is -2.12. The van der Waals surface area contributed by atoms with Gasteiger partial charge in [-0.3, -0.25) is 0 Å². The molecule has 1 aromatic carbocycles. The predicted octanol–water partition coefficient (Wildman–Crippen LogP) is 5.99. The molecule has 1 unspecified atom stereocenters. The Balaban J connectivity index is 2.62. The second-order valence-electron chi connectivity index (χ2n) is 5.38. The molecule has 0 aliphatic carbocycles. The Hall–Kier alpha value is -0.810. The SMILES string of the molecule is CCCCC(CC)COC(=O)/C=C/c1c(Br)cc(OC)cc1Br. The molecule has 0 bridgehead atoms. The van der Waals surface area contributed by atoms with Crippen LogP contribution in [0.5, 0.6) is 5.75 Å². The first-order valence-electron chi connectivity index (χ1n) is 7.89. The molecule has 0 aromatic heterocycles. The molecule has 128 valence electrons. The van der Waals surface area contributed by atoms with Crippen molar-refractivity contribution in [3.63, 3.8) is 0 Å². The van der Waals surface area contributed by atoms with E-state index in [4.69, 9.17) is 9.47 Å². The Kier molecular flexibility index (Phi) is 9.56. The quantitative estimate of drug-likeness (QED) is 0.344. The van der Waals surface area contributed by atoms with E-state index < -0.39 is 0 Å². The Morgan fingerprint density at radius 1 is 1.26 bits per heavy atom. The van der Waals surface area contributed by atoms with E-state index in [2.05, 4.69) is 45.7 Å². The van der Waals surface area contributed by atoms with E-state index in [1.165, 1.54) is 18.9 Å². The van der Waals surface area contributed by atoms with Gasteiger partial charge in [0.15, 0.2) is 0 Å². The van der Waals surface area contributed by atoms with Gasteiger partial charge in [0, 0.05) is 20.6 Å². The molecule has 1 rings (SSSR count). The first kappa shape index (κ1) is 20.2. The van der Waals surface area contributed by atoms with Gasteiger partial charge >= 0.3 is 5.97 Å². The number of hydrogen-bond donors (Lipinski definition) is 0. The van der Waals surface area contributed by atoms with Crippen LogP contribution in [0.25, 0.3) is 6.08 Å². The highest BCUT2D eigenvalue weighted by atomic mass is 79.9. The van der Waals surface area contributed by atoms with Crippen molar-refractivity contribution in [1.29, 1.82) is 0 Å². The molecule has 0 heterocycles. The minimum absolute atomic E-state index is 0.311. The summed E-state index contributed by atoms with van der Waals surface area (Å²) in [5.74, 6) is 0.881. The maximum atomic E-state index is 11.9. The van der Waals surface area contributed by atoms with Crippen molar-refractivity contribution in [2.75, 3.05) is 13.7 Å². The molecule has 0 saturated carbocycles. The van der Waals surface area contributed by atoms with Crippen LogP contribution < -0.4 is 4.74 Å². The van der Waals surface area contributed by atoms with Crippen LogP contribution in [0.3, 0.4) is 0 Å². The molecule has 0 N–H and O–H groups in total. The Morgan fingerprint density at radius 3 is 2.43 bits per heavy atom. The summed E-state index contributed by atoms with van der Waals surface area (Å²) in [4.78, 5) is 11.9. The molecule has 0 spiro atoms. The van der Waals surface area contributed by atoms with Gasteiger partial charge in [0.2, 0.25) is 0 Å². The number of unbranched alkanes of at least 4 members (excludes halogenated alkanes) is 1. The number of halogens is 2. The van der Waals surface area contributed by atoms with E-state index in [-0.39, 0.29) is 5.97 Å². The van der Waals surface area contributed by atoms with Crippen LogP contribution in [-0.2, 0) is 9.53 Å². The summed E-state index contributed by atoms with van der Waals surface area (Å²) in [6.45, 7) is 4.80. The lowest BCUT2D eigenvalue weighted by atomic mass is 10.0. The fourth-order valence-corrected chi connectivity index (χ4v) is 3.54. The van der Waals surface area contributed by atoms with E-state index in [9.17, 15) is 4.79 Å². The first-order chi connectivity index (χ1) is 11.0. The minimum Gasteiger partial charge on any atom is -0.497 e. The molecule has 0 aliphatic heterocycles. The zero-order valence-electron chi connectivity index (χ0n) is 13.9. The van der Waals surface area contributed by atoms with Crippen molar-refractivity contribution < 1.29 is 14.3 Å². The predicted molar refractivity (Wildman–Crippen MR) is 102 cm³/mol. The molecule has 0 radical (unpaired) electrons. The van der Waals surface area contributed by atoms with E-state index in [1.54, 1.807) is 13.2 Å². The molecule has 5 heteroatoms. The zero-order valence-corrected chi connectivity index (χ0v) is 17.1. The van der Waals surface area contributed by atoms with Crippen LogP contribution >= 0.6 is 31.9 Å². The largest absolute Gasteiger partial charge is 0.497 e. The highest BCUT2D eigenvalue weighted by Crippen LogP contribution is 2.31. The van der Waals surface area contributed by atoms with Crippen LogP contribution in [0.15, 0.2) is 27.2 Å². The van der Waals surface area contributed by atoms with Crippen molar-refractivity contribution in [2.24, 2.45) is 5.92 Å². The Bertz CT molecular complexity index is 518.